The third-order valence-electron chi connectivity index (χ3n) is 11.7. The summed E-state index contributed by atoms with van der Waals surface area (Å²) in [5.74, 6) is -0.291. The summed E-state index contributed by atoms with van der Waals surface area (Å²) in [6.45, 7) is 0.662. The summed E-state index contributed by atoms with van der Waals surface area (Å²) in [4.78, 5) is 11.8. The number of halogens is 24. The maximum atomic E-state index is 14.2. The Bertz CT molecular complexity index is 2870. The average molecular weight is 1150 g/mol. The lowest BCUT2D eigenvalue weighted by Gasteiger charge is -2.46. The maximum absolute atomic E-state index is 14.2. The number of methoxy groups -OCH3 is 1. The van der Waals surface area contributed by atoms with Gasteiger partial charge >= 0.3 is 55.4 Å². The standard InChI is InChI=1S/C32H12BF24.C16H14NO2S/c34-25(35,36)13-1-14(26(37,38)39)6-21(5-13)33(22-7-15(27(40,41)42)2-16(8-22)28(43,44)45,23-9-17(29(46,47)48)3-18(10-23)30(49,50)51)24-11-19(31(52,53)54)4-20(12-24)32(55,56)57;1-19-16(18)13-7-3-2-6-12(13)10-17-11-20-15-9-5-4-8-14(15)17/h1-12H;2-9,11H,10H2,1H3/q-1;+1. The van der Waals surface area contributed by atoms with Crippen LogP contribution in [0, 0.1) is 0 Å². The van der Waals surface area contributed by atoms with Crippen LogP contribution < -0.4 is 26.4 Å². The topological polar surface area (TPSA) is 30.2 Å². The molecule has 1 aromatic heterocycles. The first-order valence-electron chi connectivity index (χ1n) is 20.9. The number of carbonyl (C=O) groups excluding carboxylic acids is 1. The first kappa shape index (κ1) is 59.3. The number of nitrogens with zero attached hydrogens (tertiary/aromatic N) is 1. The molecule has 6 aromatic carbocycles. The van der Waals surface area contributed by atoms with Crippen LogP contribution in [0.1, 0.15) is 60.4 Å². The lowest BCUT2D eigenvalue weighted by atomic mass is 9.12. The molecule has 3 nitrogen and oxygen atoms in total. The molecule has 0 aliphatic rings. The van der Waals surface area contributed by atoms with Gasteiger partial charge in [-0.1, -0.05) is 90.2 Å². The second kappa shape index (κ2) is 20.5. The van der Waals surface area contributed by atoms with Gasteiger partial charge in [0.15, 0.2) is 6.54 Å². The minimum atomic E-state index is -6.13. The van der Waals surface area contributed by atoms with Crippen LogP contribution in [0.15, 0.2) is 127 Å². The highest BCUT2D eigenvalue weighted by molar-refractivity contribution is 7.20. The summed E-state index contributed by atoms with van der Waals surface area (Å²) < 4.78 is 349. The zero-order valence-electron chi connectivity index (χ0n) is 37.7. The highest BCUT2D eigenvalue weighted by Crippen LogP contribution is 2.41. The summed E-state index contributed by atoms with van der Waals surface area (Å²) in [5.41, 5.74) is -25.4. The van der Waals surface area contributed by atoms with Crippen LogP contribution >= 0.6 is 11.3 Å². The number of hydrogen-bond acceptors (Lipinski definition) is 3. The van der Waals surface area contributed by atoms with Gasteiger partial charge in [-0.15, -0.1) is 0 Å². The van der Waals surface area contributed by atoms with Gasteiger partial charge in [0.05, 0.1) is 57.2 Å². The number of alkyl halides is 24. The molecule has 1 heterocycles. The van der Waals surface area contributed by atoms with Gasteiger partial charge in [0.1, 0.15) is 10.8 Å². The molecule has 0 atom stereocenters. The van der Waals surface area contributed by atoms with Crippen LogP contribution in [0.25, 0.3) is 10.2 Å². The smallest absolute Gasteiger partial charge is 0.416 e. The van der Waals surface area contributed by atoms with Crippen LogP contribution in [-0.4, -0.2) is 19.2 Å². The van der Waals surface area contributed by atoms with Gasteiger partial charge in [-0.25, -0.2) is 4.79 Å². The molecule has 77 heavy (non-hydrogen) atoms. The Morgan fingerprint density at radius 2 is 0.688 bits per heavy atom. The van der Waals surface area contributed by atoms with Crippen molar-refractivity contribution in [3.05, 3.63) is 182 Å². The largest absolute Gasteiger partial charge is 0.465 e. The minimum Gasteiger partial charge on any atom is -0.465 e. The quantitative estimate of drug-likeness (QED) is 0.0689. The van der Waals surface area contributed by atoms with E-state index >= 15 is 0 Å². The summed E-state index contributed by atoms with van der Waals surface area (Å²) >= 11 is 1.70. The van der Waals surface area contributed by atoms with Crippen molar-refractivity contribution < 1.29 is 119 Å². The number of carbonyl (C=O) groups is 1. The molecule has 0 bridgehead atoms. The fourth-order valence-corrected chi connectivity index (χ4v) is 9.21. The molecule has 7 aromatic rings. The summed E-state index contributed by atoms with van der Waals surface area (Å²) in [5, 5.41) is 0. The minimum absolute atomic E-state index is 0.291. The van der Waals surface area contributed by atoms with Crippen LogP contribution in [0.4, 0.5) is 105 Å². The lowest BCUT2D eigenvalue weighted by molar-refractivity contribution is -0.658. The number of aromatic nitrogens is 1. The molecule has 0 saturated heterocycles. The van der Waals surface area contributed by atoms with Gasteiger partial charge in [-0.2, -0.15) is 132 Å². The van der Waals surface area contributed by atoms with Crippen molar-refractivity contribution in [3.8, 4) is 0 Å². The van der Waals surface area contributed by atoms with Gasteiger partial charge in [0.2, 0.25) is 11.0 Å². The van der Waals surface area contributed by atoms with E-state index in [0.717, 1.165) is 5.56 Å². The van der Waals surface area contributed by atoms with E-state index in [1.54, 1.807) is 17.4 Å². The second-order valence-corrected chi connectivity index (χ2v) is 17.6. The fourth-order valence-electron chi connectivity index (χ4n) is 8.32. The van der Waals surface area contributed by atoms with Gasteiger partial charge in [0, 0.05) is 11.6 Å². The molecule has 29 heteroatoms. The number of benzene rings is 6. The molecular formula is C48H26BF24NO2S. The number of para-hydroxylation sites is 1. The van der Waals surface area contributed by atoms with E-state index in [2.05, 4.69) is 22.2 Å². The van der Waals surface area contributed by atoms with E-state index in [1.165, 1.54) is 17.3 Å². The molecule has 412 valence electrons. The molecule has 7 rings (SSSR count). The van der Waals surface area contributed by atoms with Crippen molar-refractivity contribution in [2.75, 3.05) is 7.11 Å². The normalized spacial score (nSPS) is 13.4. The second-order valence-electron chi connectivity index (χ2n) is 16.7. The number of thiazole rings is 1. The number of rotatable bonds is 7. The van der Waals surface area contributed by atoms with Gasteiger partial charge in [-0.05, 0) is 36.4 Å². The van der Waals surface area contributed by atoms with Crippen LogP contribution in [-0.2, 0) is 60.7 Å². The zero-order chi connectivity index (χ0) is 57.9. The van der Waals surface area contributed by atoms with E-state index in [9.17, 15) is 110 Å². The Hall–Kier alpha value is -6.94. The molecule has 0 spiro atoms. The average Bonchev–Trinajstić information content (AvgIpc) is 3.71. The van der Waals surface area contributed by atoms with Crippen molar-refractivity contribution in [1.29, 1.82) is 0 Å². The third kappa shape index (κ3) is 13.1. The number of esters is 1. The molecule has 0 saturated carbocycles. The van der Waals surface area contributed by atoms with Gasteiger partial charge < -0.3 is 4.74 Å². The van der Waals surface area contributed by atoms with E-state index in [0.29, 0.717) is 12.1 Å². The van der Waals surface area contributed by atoms with Gasteiger partial charge in [-0.3, -0.25) is 0 Å². The van der Waals surface area contributed by atoms with Crippen LogP contribution in [0.2, 0.25) is 0 Å². The summed E-state index contributed by atoms with van der Waals surface area (Å²) in [6, 6.07) is 7.00. The van der Waals surface area contributed by atoms with Crippen molar-refractivity contribution >= 4 is 55.5 Å². The summed E-state index contributed by atoms with van der Waals surface area (Å²) in [6.07, 6.45) is -54.8. The predicted octanol–water partition coefficient (Wildman–Crippen LogP) is 14.2. The molecule has 0 unspecified atom stereocenters. The summed E-state index contributed by atoms with van der Waals surface area (Å²) in [7, 11) is 1.41. The van der Waals surface area contributed by atoms with Crippen LogP contribution in [0.5, 0.6) is 0 Å². The Labute approximate surface area is 419 Å². The van der Waals surface area contributed by atoms with E-state index in [4.69, 9.17) is 4.74 Å². The molecule has 0 amide bonds. The number of fused-ring (bicyclic) bond motifs is 1. The van der Waals surface area contributed by atoms with Crippen molar-refractivity contribution in [2.24, 2.45) is 0 Å². The number of ether oxygens (including phenoxy) is 1. The molecule has 0 radical (unpaired) electrons. The monoisotopic (exact) mass is 1150 g/mol. The number of hydrogen-bond donors (Lipinski definition) is 0. The fraction of sp³-hybridized carbons (Fsp3) is 0.208. The molecule has 0 aliphatic carbocycles. The van der Waals surface area contributed by atoms with Crippen LogP contribution in [0.3, 0.4) is 0 Å². The van der Waals surface area contributed by atoms with Crippen molar-refractivity contribution in [1.82, 2.24) is 0 Å². The van der Waals surface area contributed by atoms with Crippen molar-refractivity contribution in [2.45, 2.75) is 56.0 Å². The molecule has 0 N–H and O–H groups in total. The first-order chi connectivity index (χ1) is 35.1. The molecule has 0 aliphatic heterocycles. The highest BCUT2D eigenvalue weighted by Gasteiger charge is 2.47. The SMILES string of the molecule is COC(=O)c1ccccc1C[n+]1csc2ccccc21.FC(F)(F)c1cc([B-](c2cc(C(F)(F)F)cc(C(F)(F)F)c2)(c2cc(C(F)(F)F)cc(C(F)(F)F)c2)c2cc(C(F)(F)F)cc(C(F)(F)F)c2)cc(C(F)(F)F)c1. The first-order valence-corrected chi connectivity index (χ1v) is 21.8. The van der Waals surface area contributed by atoms with E-state index in [1.807, 2.05) is 30.3 Å². The van der Waals surface area contributed by atoms with E-state index in [-0.39, 0.29) is 5.97 Å². The van der Waals surface area contributed by atoms with Gasteiger partial charge in [0.25, 0.3) is 0 Å². The predicted molar refractivity (Wildman–Crippen MR) is 229 cm³/mol. The third-order valence-corrected chi connectivity index (χ3v) is 12.6. The Morgan fingerprint density at radius 3 is 0.974 bits per heavy atom. The van der Waals surface area contributed by atoms with E-state index < -0.39 is 195 Å². The maximum Gasteiger partial charge on any atom is 0.416 e. The Balaban J connectivity index is 0.000000397. The highest BCUT2D eigenvalue weighted by atomic mass is 32.1. The molecular weight excluding hydrogens is 1120 g/mol. The molecule has 0 fully saturated rings. The Morgan fingerprint density at radius 1 is 0.416 bits per heavy atom. The Kier molecular flexibility index (Phi) is 15.8. The zero-order valence-corrected chi connectivity index (χ0v) is 38.5. The van der Waals surface area contributed by atoms with Crippen molar-refractivity contribution in [3.63, 3.8) is 0 Å². The lowest BCUT2D eigenvalue weighted by Crippen LogP contribution is -2.75.